The van der Waals surface area contributed by atoms with E-state index >= 15 is 0 Å². The summed E-state index contributed by atoms with van der Waals surface area (Å²) >= 11 is 1.73. The molecule has 96 valence electrons. The van der Waals surface area contributed by atoms with Crippen molar-refractivity contribution in [1.82, 2.24) is 5.32 Å². The van der Waals surface area contributed by atoms with Crippen molar-refractivity contribution in [2.75, 3.05) is 14.2 Å². The van der Waals surface area contributed by atoms with Gasteiger partial charge >= 0.3 is 0 Å². The number of hydrogen-bond donors (Lipinski definition) is 1. The zero-order valence-electron chi connectivity index (χ0n) is 11.3. The predicted octanol–water partition coefficient (Wildman–Crippen LogP) is 3.68. The summed E-state index contributed by atoms with van der Waals surface area (Å²) in [4.78, 5) is 1.23. The SMILES string of the molecule is CNC(c1cc(C)ccc1C)c1sccc1OC. The summed E-state index contributed by atoms with van der Waals surface area (Å²) in [6, 6.07) is 8.79. The number of benzene rings is 1. The number of ether oxygens (including phenoxy) is 1. The molecule has 1 atom stereocenters. The van der Waals surface area contributed by atoms with E-state index in [0.29, 0.717) is 0 Å². The van der Waals surface area contributed by atoms with Crippen molar-refractivity contribution < 1.29 is 4.74 Å². The lowest BCUT2D eigenvalue weighted by molar-refractivity contribution is 0.408. The molecule has 0 aliphatic rings. The highest BCUT2D eigenvalue weighted by Crippen LogP contribution is 2.35. The smallest absolute Gasteiger partial charge is 0.134 e. The maximum Gasteiger partial charge on any atom is 0.134 e. The fourth-order valence-corrected chi connectivity index (χ4v) is 3.17. The van der Waals surface area contributed by atoms with Crippen LogP contribution in [0.3, 0.4) is 0 Å². The minimum Gasteiger partial charge on any atom is -0.496 e. The number of aryl methyl sites for hydroxylation is 2. The van der Waals surface area contributed by atoms with Crippen molar-refractivity contribution in [3.63, 3.8) is 0 Å². The first-order chi connectivity index (χ1) is 8.67. The van der Waals surface area contributed by atoms with Crippen LogP contribution in [-0.2, 0) is 0 Å². The summed E-state index contributed by atoms with van der Waals surface area (Å²) in [5.41, 5.74) is 3.90. The maximum atomic E-state index is 5.43. The molecule has 1 N–H and O–H groups in total. The topological polar surface area (TPSA) is 21.3 Å². The Kier molecular flexibility index (Phi) is 4.04. The third kappa shape index (κ3) is 2.42. The van der Waals surface area contributed by atoms with E-state index in [4.69, 9.17) is 4.74 Å². The van der Waals surface area contributed by atoms with Crippen molar-refractivity contribution >= 4 is 11.3 Å². The van der Waals surface area contributed by atoms with Crippen LogP contribution in [0.15, 0.2) is 29.6 Å². The second kappa shape index (κ2) is 5.55. The van der Waals surface area contributed by atoms with Gasteiger partial charge in [0.1, 0.15) is 5.75 Å². The largest absolute Gasteiger partial charge is 0.496 e. The minimum atomic E-state index is 0.194. The number of nitrogens with one attached hydrogen (secondary N) is 1. The van der Waals surface area contributed by atoms with Gasteiger partial charge in [-0.25, -0.2) is 0 Å². The summed E-state index contributed by atoms with van der Waals surface area (Å²) in [5.74, 6) is 0.959. The van der Waals surface area contributed by atoms with Gasteiger partial charge in [0.05, 0.1) is 18.0 Å². The molecule has 2 rings (SSSR count). The molecule has 1 unspecified atom stereocenters. The fraction of sp³-hybridized carbons (Fsp3) is 0.333. The zero-order valence-corrected chi connectivity index (χ0v) is 12.1. The average molecular weight is 261 g/mol. The number of methoxy groups -OCH3 is 1. The monoisotopic (exact) mass is 261 g/mol. The molecule has 3 heteroatoms. The van der Waals surface area contributed by atoms with Gasteiger partial charge in [0.15, 0.2) is 0 Å². The number of rotatable bonds is 4. The van der Waals surface area contributed by atoms with Crippen molar-refractivity contribution in [3.05, 3.63) is 51.2 Å². The van der Waals surface area contributed by atoms with Crippen LogP contribution in [0.25, 0.3) is 0 Å². The van der Waals surface area contributed by atoms with Gasteiger partial charge < -0.3 is 10.1 Å². The molecule has 1 aromatic carbocycles. The summed E-state index contributed by atoms with van der Waals surface area (Å²) in [6.07, 6.45) is 0. The highest BCUT2D eigenvalue weighted by Gasteiger charge is 2.19. The Bertz CT molecular complexity index is 533. The van der Waals surface area contributed by atoms with E-state index in [1.807, 2.05) is 13.1 Å². The van der Waals surface area contributed by atoms with Gasteiger partial charge in [0, 0.05) is 0 Å². The van der Waals surface area contributed by atoms with Crippen LogP contribution in [-0.4, -0.2) is 14.2 Å². The van der Waals surface area contributed by atoms with Crippen LogP contribution in [0.5, 0.6) is 5.75 Å². The van der Waals surface area contributed by atoms with Gasteiger partial charge in [-0.3, -0.25) is 0 Å². The lowest BCUT2D eigenvalue weighted by atomic mass is 9.97. The molecule has 18 heavy (non-hydrogen) atoms. The van der Waals surface area contributed by atoms with E-state index in [9.17, 15) is 0 Å². The van der Waals surface area contributed by atoms with Crippen LogP contribution >= 0.6 is 11.3 Å². The van der Waals surface area contributed by atoms with E-state index < -0.39 is 0 Å². The summed E-state index contributed by atoms with van der Waals surface area (Å²) in [6.45, 7) is 4.28. The molecule has 0 spiro atoms. The Balaban J connectivity index is 2.48. The number of thiophene rings is 1. The third-order valence-electron chi connectivity index (χ3n) is 3.17. The van der Waals surface area contributed by atoms with Gasteiger partial charge in [-0.1, -0.05) is 23.8 Å². The zero-order chi connectivity index (χ0) is 13.1. The second-order valence-corrected chi connectivity index (χ2v) is 5.38. The molecule has 1 aromatic heterocycles. The molecule has 2 nitrogen and oxygen atoms in total. The van der Waals surface area contributed by atoms with E-state index in [2.05, 4.69) is 42.7 Å². The van der Waals surface area contributed by atoms with Gasteiger partial charge in [0.25, 0.3) is 0 Å². The first-order valence-corrected chi connectivity index (χ1v) is 6.91. The Morgan fingerprint density at radius 3 is 2.67 bits per heavy atom. The predicted molar refractivity (Wildman–Crippen MR) is 77.7 cm³/mol. The molecule has 0 saturated carbocycles. The molecule has 0 aliphatic carbocycles. The third-order valence-corrected chi connectivity index (χ3v) is 4.14. The maximum absolute atomic E-state index is 5.43. The average Bonchev–Trinajstić information content (AvgIpc) is 2.83. The first kappa shape index (κ1) is 13.1. The Hall–Kier alpha value is -1.32. The lowest BCUT2D eigenvalue weighted by Crippen LogP contribution is -2.18. The minimum absolute atomic E-state index is 0.194. The molecule has 0 fully saturated rings. The van der Waals surface area contributed by atoms with Crippen LogP contribution in [0.1, 0.15) is 27.6 Å². The van der Waals surface area contributed by atoms with E-state index in [1.165, 1.54) is 21.6 Å². The van der Waals surface area contributed by atoms with Gasteiger partial charge in [0.2, 0.25) is 0 Å². The molecule has 2 aromatic rings. The highest BCUT2D eigenvalue weighted by atomic mass is 32.1. The lowest BCUT2D eigenvalue weighted by Gasteiger charge is -2.19. The van der Waals surface area contributed by atoms with Crippen LogP contribution in [0.4, 0.5) is 0 Å². The standard InChI is InChI=1S/C15H19NOS/c1-10-5-6-11(2)12(9-10)14(16-3)15-13(17-4)7-8-18-15/h5-9,14,16H,1-4H3. The normalized spacial score (nSPS) is 12.4. The molecular weight excluding hydrogens is 242 g/mol. The van der Waals surface area contributed by atoms with Gasteiger partial charge in [-0.05, 0) is 43.5 Å². The molecule has 0 aliphatic heterocycles. The molecule has 0 bridgehead atoms. The van der Waals surface area contributed by atoms with Crippen molar-refractivity contribution in [2.24, 2.45) is 0 Å². The summed E-state index contributed by atoms with van der Waals surface area (Å²) < 4.78 is 5.43. The van der Waals surface area contributed by atoms with Crippen LogP contribution in [0, 0.1) is 13.8 Å². The highest BCUT2D eigenvalue weighted by molar-refractivity contribution is 7.10. The van der Waals surface area contributed by atoms with E-state index in [1.54, 1.807) is 18.4 Å². The van der Waals surface area contributed by atoms with Crippen molar-refractivity contribution in [1.29, 1.82) is 0 Å². The quantitative estimate of drug-likeness (QED) is 0.906. The van der Waals surface area contributed by atoms with Crippen LogP contribution < -0.4 is 10.1 Å². The molecular formula is C15H19NOS. The van der Waals surface area contributed by atoms with Gasteiger partial charge in [-0.2, -0.15) is 0 Å². The van der Waals surface area contributed by atoms with Crippen molar-refractivity contribution in [3.8, 4) is 5.75 Å². The Morgan fingerprint density at radius 2 is 2.00 bits per heavy atom. The van der Waals surface area contributed by atoms with Crippen LogP contribution in [0.2, 0.25) is 0 Å². The Morgan fingerprint density at radius 1 is 1.22 bits per heavy atom. The van der Waals surface area contributed by atoms with E-state index in [0.717, 1.165) is 5.75 Å². The second-order valence-electron chi connectivity index (χ2n) is 4.43. The molecule has 1 heterocycles. The number of hydrogen-bond acceptors (Lipinski definition) is 3. The Labute approximate surface area is 113 Å². The van der Waals surface area contributed by atoms with E-state index in [-0.39, 0.29) is 6.04 Å². The van der Waals surface area contributed by atoms with Gasteiger partial charge in [-0.15, -0.1) is 11.3 Å². The molecule has 0 saturated heterocycles. The summed E-state index contributed by atoms with van der Waals surface area (Å²) in [5, 5.41) is 5.47. The molecule has 0 radical (unpaired) electrons. The fourth-order valence-electron chi connectivity index (χ4n) is 2.19. The van der Waals surface area contributed by atoms with Crippen molar-refractivity contribution in [2.45, 2.75) is 19.9 Å². The first-order valence-electron chi connectivity index (χ1n) is 6.03. The molecule has 0 amide bonds. The summed E-state index contributed by atoms with van der Waals surface area (Å²) in [7, 11) is 3.72.